The molecule has 112 valence electrons. The number of ether oxygens (including phenoxy) is 1. The van der Waals surface area contributed by atoms with Gasteiger partial charge < -0.3 is 15.0 Å². The van der Waals surface area contributed by atoms with Crippen molar-refractivity contribution < 1.29 is 9.53 Å². The summed E-state index contributed by atoms with van der Waals surface area (Å²) in [6, 6.07) is 7.96. The van der Waals surface area contributed by atoms with E-state index >= 15 is 0 Å². The number of fused-ring (bicyclic) bond motifs is 1. The monoisotopic (exact) mass is 305 g/mol. The zero-order valence-electron chi connectivity index (χ0n) is 12.2. The molecule has 2 aromatic rings. The van der Waals surface area contributed by atoms with E-state index in [0.717, 1.165) is 15.2 Å². The van der Waals surface area contributed by atoms with Crippen LogP contribution in [0.25, 0.3) is 10.2 Å². The van der Waals surface area contributed by atoms with Crippen LogP contribution >= 0.6 is 11.3 Å². The topological polar surface area (TPSA) is 54.5 Å². The van der Waals surface area contributed by atoms with Crippen molar-refractivity contribution in [2.75, 3.05) is 13.1 Å². The standard InChI is InChI=1S/C15H19N3O2S/c1-10-8-18(9-11(2)20-10)15(19)16-7-14-17-12-5-3-4-6-13(12)21-14/h3-6,10-11H,7-9H2,1-2H3,(H,16,19)/t10-,11-/m0/s1. The molecule has 0 bridgehead atoms. The number of hydrogen-bond donors (Lipinski definition) is 1. The smallest absolute Gasteiger partial charge is 0.317 e. The van der Waals surface area contributed by atoms with E-state index in [9.17, 15) is 4.79 Å². The van der Waals surface area contributed by atoms with Gasteiger partial charge in [0.1, 0.15) is 5.01 Å². The van der Waals surface area contributed by atoms with E-state index in [-0.39, 0.29) is 18.2 Å². The Morgan fingerprint density at radius 2 is 2.10 bits per heavy atom. The lowest BCUT2D eigenvalue weighted by Gasteiger charge is -2.35. The predicted molar refractivity (Wildman–Crippen MR) is 83.4 cm³/mol. The molecule has 1 aromatic heterocycles. The fourth-order valence-corrected chi connectivity index (χ4v) is 3.51. The van der Waals surface area contributed by atoms with E-state index in [2.05, 4.69) is 10.3 Å². The number of thiazole rings is 1. The van der Waals surface area contributed by atoms with E-state index in [4.69, 9.17) is 4.74 Å². The first-order valence-electron chi connectivity index (χ1n) is 7.14. The van der Waals surface area contributed by atoms with Gasteiger partial charge in [0.2, 0.25) is 0 Å². The third kappa shape index (κ3) is 3.33. The van der Waals surface area contributed by atoms with Crippen LogP contribution in [0.1, 0.15) is 18.9 Å². The molecule has 1 N–H and O–H groups in total. The van der Waals surface area contributed by atoms with E-state index in [1.165, 1.54) is 0 Å². The van der Waals surface area contributed by atoms with E-state index in [1.807, 2.05) is 43.0 Å². The molecule has 0 spiro atoms. The van der Waals surface area contributed by atoms with Crippen LogP contribution in [-0.4, -0.2) is 41.2 Å². The van der Waals surface area contributed by atoms with E-state index in [1.54, 1.807) is 11.3 Å². The van der Waals surface area contributed by atoms with Crippen LogP contribution in [0.15, 0.2) is 24.3 Å². The minimum Gasteiger partial charge on any atom is -0.372 e. The van der Waals surface area contributed by atoms with Crippen LogP contribution in [0.3, 0.4) is 0 Å². The summed E-state index contributed by atoms with van der Waals surface area (Å²) in [6.07, 6.45) is 0.170. The summed E-state index contributed by atoms with van der Waals surface area (Å²) in [7, 11) is 0. The van der Waals surface area contributed by atoms with Crippen molar-refractivity contribution in [2.45, 2.75) is 32.6 Å². The molecule has 0 unspecified atom stereocenters. The fraction of sp³-hybridized carbons (Fsp3) is 0.467. The summed E-state index contributed by atoms with van der Waals surface area (Å²) >= 11 is 1.62. The maximum Gasteiger partial charge on any atom is 0.317 e. The lowest BCUT2D eigenvalue weighted by molar-refractivity contribution is -0.0545. The fourth-order valence-electron chi connectivity index (χ4n) is 2.60. The first-order valence-corrected chi connectivity index (χ1v) is 7.96. The third-order valence-electron chi connectivity index (χ3n) is 3.44. The van der Waals surface area contributed by atoms with Gasteiger partial charge in [-0.05, 0) is 26.0 Å². The highest BCUT2D eigenvalue weighted by Crippen LogP contribution is 2.21. The number of nitrogens with zero attached hydrogens (tertiary/aromatic N) is 2. The Kier molecular flexibility index (Phi) is 4.07. The molecule has 1 fully saturated rings. The van der Waals surface area contributed by atoms with Crippen LogP contribution in [0.4, 0.5) is 4.79 Å². The number of para-hydroxylation sites is 1. The molecule has 2 amide bonds. The summed E-state index contributed by atoms with van der Waals surface area (Å²) in [5, 5.41) is 3.88. The van der Waals surface area contributed by atoms with Gasteiger partial charge in [-0.3, -0.25) is 0 Å². The summed E-state index contributed by atoms with van der Waals surface area (Å²) in [6.45, 7) is 5.72. The Bertz CT molecular complexity index is 600. The molecule has 1 aliphatic rings. The van der Waals surface area contributed by atoms with Gasteiger partial charge in [0, 0.05) is 13.1 Å². The molecule has 0 radical (unpaired) electrons. The largest absolute Gasteiger partial charge is 0.372 e. The second-order valence-corrected chi connectivity index (χ2v) is 6.51. The van der Waals surface area contributed by atoms with Crippen LogP contribution in [-0.2, 0) is 11.3 Å². The normalized spacial score (nSPS) is 22.5. The lowest BCUT2D eigenvalue weighted by atomic mass is 10.2. The Hall–Kier alpha value is -1.66. The average Bonchev–Trinajstić information content (AvgIpc) is 2.86. The molecule has 1 aromatic carbocycles. The number of rotatable bonds is 2. The summed E-state index contributed by atoms with van der Waals surface area (Å²) in [5.41, 5.74) is 0.986. The molecule has 5 nitrogen and oxygen atoms in total. The minimum atomic E-state index is -0.0451. The highest BCUT2D eigenvalue weighted by molar-refractivity contribution is 7.18. The molecule has 21 heavy (non-hydrogen) atoms. The highest BCUT2D eigenvalue weighted by Gasteiger charge is 2.25. The number of aromatic nitrogens is 1. The van der Waals surface area contributed by atoms with Crippen LogP contribution in [0.5, 0.6) is 0 Å². The highest BCUT2D eigenvalue weighted by atomic mass is 32.1. The maximum atomic E-state index is 12.2. The van der Waals surface area contributed by atoms with Gasteiger partial charge in [-0.2, -0.15) is 0 Å². The van der Waals surface area contributed by atoms with Crippen molar-refractivity contribution in [3.63, 3.8) is 0 Å². The number of carbonyl (C=O) groups is 1. The zero-order chi connectivity index (χ0) is 14.8. The van der Waals surface area contributed by atoms with Gasteiger partial charge in [0.25, 0.3) is 0 Å². The van der Waals surface area contributed by atoms with Crippen molar-refractivity contribution in [1.29, 1.82) is 0 Å². The van der Waals surface area contributed by atoms with Gasteiger partial charge in [-0.1, -0.05) is 12.1 Å². The quantitative estimate of drug-likeness (QED) is 0.928. The first-order chi connectivity index (χ1) is 10.1. The maximum absolute atomic E-state index is 12.2. The Labute approximate surface area is 127 Å². The van der Waals surface area contributed by atoms with Gasteiger partial charge in [-0.15, -0.1) is 11.3 Å². The zero-order valence-corrected chi connectivity index (χ0v) is 13.0. The molecule has 6 heteroatoms. The number of urea groups is 1. The van der Waals surface area contributed by atoms with Gasteiger partial charge in [-0.25, -0.2) is 9.78 Å². The molecule has 0 saturated carbocycles. The van der Waals surface area contributed by atoms with Crippen molar-refractivity contribution in [3.05, 3.63) is 29.3 Å². The molecule has 0 aliphatic carbocycles. The number of morpholine rings is 1. The molecule has 2 atom stereocenters. The van der Waals surface area contributed by atoms with Gasteiger partial charge in [0.15, 0.2) is 0 Å². The van der Waals surface area contributed by atoms with Crippen molar-refractivity contribution in [1.82, 2.24) is 15.2 Å². The van der Waals surface area contributed by atoms with Crippen molar-refractivity contribution in [2.24, 2.45) is 0 Å². The van der Waals surface area contributed by atoms with Crippen LogP contribution in [0, 0.1) is 0 Å². The molecule has 2 heterocycles. The average molecular weight is 305 g/mol. The van der Waals surface area contributed by atoms with E-state index in [0.29, 0.717) is 19.6 Å². The number of nitrogens with one attached hydrogen (secondary N) is 1. The number of amides is 2. The second-order valence-electron chi connectivity index (χ2n) is 5.40. The molecule has 1 aliphatic heterocycles. The van der Waals surface area contributed by atoms with E-state index < -0.39 is 0 Å². The SMILES string of the molecule is C[C@H]1CN(C(=O)NCc2nc3ccccc3s2)C[C@H](C)O1. The molecule has 1 saturated heterocycles. The summed E-state index contributed by atoms with van der Waals surface area (Å²) in [5.74, 6) is 0. The van der Waals surface area contributed by atoms with Crippen molar-refractivity contribution in [3.8, 4) is 0 Å². The number of hydrogen-bond acceptors (Lipinski definition) is 4. The van der Waals surface area contributed by atoms with Gasteiger partial charge >= 0.3 is 6.03 Å². The second kappa shape index (κ2) is 5.99. The summed E-state index contributed by atoms with van der Waals surface area (Å²) in [4.78, 5) is 18.5. The first kappa shape index (κ1) is 14.3. The third-order valence-corrected chi connectivity index (χ3v) is 4.47. The van der Waals surface area contributed by atoms with Crippen LogP contribution < -0.4 is 5.32 Å². The predicted octanol–water partition coefficient (Wildman–Crippen LogP) is 2.62. The van der Waals surface area contributed by atoms with Crippen LogP contribution in [0.2, 0.25) is 0 Å². The minimum absolute atomic E-state index is 0.0451. The van der Waals surface area contributed by atoms with Crippen molar-refractivity contribution >= 4 is 27.6 Å². The Morgan fingerprint density at radius 3 is 2.81 bits per heavy atom. The Balaban J connectivity index is 1.60. The molecular weight excluding hydrogens is 286 g/mol. The lowest BCUT2D eigenvalue weighted by Crippen LogP contribution is -2.51. The molecular formula is C15H19N3O2S. The molecule has 3 rings (SSSR count). The Morgan fingerprint density at radius 1 is 1.38 bits per heavy atom. The summed E-state index contributed by atoms with van der Waals surface area (Å²) < 4.78 is 6.79. The number of benzene rings is 1. The number of carbonyl (C=O) groups excluding carboxylic acids is 1. The van der Waals surface area contributed by atoms with Gasteiger partial charge in [0.05, 0.1) is 29.0 Å².